The molecule has 0 aliphatic carbocycles. The average Bonchev–Trinajstić information content (AvgIpc) is 2.26. The quantitative estimate of drug-likeness (QED) is 0.790. The first-order chi connectivity index (χ1) is 7.54. The van der Waals surface area contributed by atoms with Gasteiger partial charge in [-0.05, 0) is 25.7 Å². The molecule has 0 bridgehead atoms. The molecular weight excluding hydrogens is 208 g/mol. The lowest BCUT2D eigenvalue weighted by Gasteiger charge is -2.34. The summed E-state index contributed by atoms with van der Waals surface area (Å²) in [7, 11) is 1.77. The Morgan fingerprint density at radius 2 is 2.19 bits per heavy atom. The van der Waals surface area contributed by atoms with Crippen LogP contribution in [0.15, 0.2) is 0 Å². The molecule has 16 heavy (non-hydrogen) atoms. The fraction of sp³-hybridized carbons (Fsp3) is 0.818. The maximum absolute atomic E-state index is 11.9. The average molecular weight is 228 g/mol. The molecule has 1 rings (SSSR count). The van der Waals surface area contributed by atoms with Crippen LogP contribution >= 0.6 is 0 Å². The zero-order chi connectivity index (χ0) is 12.1. The Morgan fingerprint density at radius 1 is 1.50 bits per heavy atom. The molecule has 0 aromatic rings. The van der Waals surface area contributed by atoms with Gasteiger partial charge in [-0.2, -0.15) is 0 Å². The van der Waals surface area contributed by atoms with Crippen molar-refractivity contribution in [2.45, 2.75) is 26.2 Å². The van der Waals surface area contributed by atoms with Crippen LogP contribution in [0.25, 0.3) is 0 Å². The predicted octanol–water partition coefficient (Wildman–Crippen LogP) is 1.24. The minimum atomic E-state index is -0.775. The van der Waals surface area contributed by atoms with Crippen molar-refractivity contribution in [1.82, 2.24) is 9.80 Å². The number of carboxylic acid groups (broad SMARTS) is 1. The van der Waals surface area contributed by atoms with Crippen LogP contribution in [0.3, 0.4) is 0 Å². The van der Waals surface area contributed by atoms with Gasteiger partial charge < -0.3 is 14.9 Å². The van der Waals surface area contributed by atoms with E-state index in [1.54, 1.807) is 16.8 Å². The zero-order valence-corrected chi connectivity index (χ0v) is 9.98. The first kappa shape index (κ1) is 12.8. The first-order valence-electron chi connectivity index (χ1n) is 5.76. The monoisotopic (exact) mass is 228 g/mol. The normalized spacial score (nSPS) is 20.6. The molecule has 0 saturated carbocycles. The second-order valence-corrected chi connectivity index (χ2v) is 4.35. The molecule has 1 N–H and O–H groups in total. The number of urea groups is 1. The molecule has 1 atom stereocenters. The number of carbonyl (C=O) groups excluding carboxylic acids is 1. The molecule has 5 nitrogen and oxygen atoms in total. The van der Waals surface area contributed by atoms with Gasteiger partial charge in [-0.15, -0.1) is 0 Å². The van der Waals surface area contributed by atoms with Crippen LogP contribution in [0.5, 0.6) is 0 Å². The van der Waals surface area contributed by atoms with E-state index in [-0.39, 0.29) is 18.4 Å². The number of hydrogen-bond acceptors (Lipinski definition) is 2. The summed E-state index contributed by atoms with van der Waals surface area (Å²) in [4.78, 5) is 25.9. The molecule has 1 heterocycles. The molecule has 1 aliphatic rings. The van der Waals surface area contributed by atoms with Crippen LogP contribution in [0, 0.1) is 5.92 Å². The fourth-order valence-corrected chi connectivity index (χ4v) is 2.03. The summed E-state index contributed by atoms with van der Waals surface area (Å²) in [5.74, 6) is -0.663. The van der Waals surface area contributed by atoms with Gasteiger partial charge >= 0.3 is 12.0 Å². The SMILES string of the molecule is CCN(C)C(=O)N1CCCC(CC(=O)O)C1. The third kappa shape index (κ3) is 3.40. The van der Waals surface area contributed by atoms with Crippen LogP contribution in [-0.2, 0) is 4.79 Å². The second kappa shape index (κ2) is 5.72. The number of piperidine rings is 1. The number of carbonyl (C=O) groups is 2. The van der Waals surface area contributed by atoms with E-state index < -0.39 is 5.97 Å². The summed E-state index contributed by atoms with van der Waals surface area (Å²) in [6.07, 6.45) is 1.98. The third-order valence-electron chi connectivity index (χ3n) is 3.05. The first-order valence-corrected chi connectivity index (χ1v) is 5.76. The van der Waals surface area contributed by atoms with E-state index in [1.165, 1.54) is 0 Å². The highest BCUT2D eigenvalue weighted by Crippen LogP contribution is 2.20. The Morgan fingerprint density at radius 3 is 2.75 bits per heavy atom. The highest BCUT2D eigenvalue weighted by atomic mass is 16.4. The summed E-state index contributed by atoms with van der Waals surface area (Å²) in [5, 5.41) is 8.73. The van der Waals surface area contributed by atoms with E-state index in [9.17, 15) is 9.59 Å². The van der Waals surface area contributed by atoms with Crippen molar-refractivity contribution in [3.05, 3.63) is 0 Å². The molecule has 1 saturated heterocycles. The summed E-state index contributed by atoms with van der Waals surface area (Å²) in [6, 6.07) is 0.0117. The largest absolute Gasteiger partial charge is 0.481 e. The number of hydrogen-bond donors (Lipinski definition) is 1. The van der Waals surface area contributed by atoms with E-state index >= 15 is 0 Å². The molecule has 2 amide bonds. The number of aliphatic carboxylic acids is 1. The highest BCUT2D eigenvalue weighted by molar-refractivity contribution is 5.74. The van der Waals surface area contributed by atoms with Crippen molar-refractivity contribution >= 4 is 12.0 Å². The number of rotatable bonds is 3. The van der Waals surface area contributed by atoms with Crippen LogP contribution in [-0.4, -0.2) is 53.6 Å². The second-order valence-electron chi connectivity index (χ2n) is 4.35. The number of nitrogens with zero attached hydrogens (tertiary/aromatic N) is 2. The molecule has 5 heteroatoms. The Labute approximate surface area is 96.0 Å². The summed E-state index contributed by atoms with van der Waals surface area (Å²) in [6.45, 7) is 3.93. The highest BCUT2D eigenvalue weighted by Gasteiger charge is 2.26. The van der Waals surface area contributed by atoms with Crippen LogP contribution in [0.2, 0.25) is 0 Å². The van der Waals surface area contributed by atoms with Gasteiger partial charge in [0.05, 0.1) is 0 Å². The van der Waals surface area contributed by atoms with Crippen molar-refractivity contribution in [3.8, 4) is 0 Å². The van der Waals surface area contributed by atoms with Gasteiger partial charge in [0, 0.05) is 33.1 Å². The lowest BCUT2D eigenvalue weighted by Crippen LogP contribution is -2.46. The van der Waals surface area contributed by atoms with Crippen molar-refractivity contribution < 1.29 is 14.7 Å². The third-order valence-corrected chi connectivity index (χ3v) is 3.05. The predicted molar refractivity (Wildman–Crippen MR) is 60.2 cm³/mol. The molecule has 92 valence electrons. The lowest BCUT2D eigenvalue weighted by atomic mass is 9.95. The Bertz CT molecular complexity index is 268. The van der Waals surface area contributed by atoms with E-state index in [1.807, 2.05) is 6.92 Å². The van der Waals surface area contributed by atoms with Gasteiger partial charge in [-0.3, -0.25) is 4.79 Å². The molecule has 0 aromatic heterocycles. The van der Waals surface area contributed by atoms with E-state index in [0.29, 0.717) is 13.1 Å². The standard InChI is InChI=1S/C11H20N2O3/c1-3-12(2)11(16)13-6-4-5-9(8-13)7-10(14)15/h9H,3-8H2,1-2H3,(H,14,15). The Hall–Kier alpha value is -1.26. The lowest BCUT2D eigenvalue weighted by molar-refractivity contribution is -0.138. The van der Waals surface area contributed by atoms with Gasteiger partial charge in [0.1, 0.15) is 0 Å². The minimum absolute atomic E-state index is 0.0117. The van der Waals surface area contributed by atoms with Crippen LogP contribution in [0.4, 0.5) is 4.79 Å². The molecule has 1 unspecified atom stereocenters. The molecule has 0 spiro atoms. The van der Waals surface area contributed by atoms with Crippen molar-refractivity contribution in [2.24, 2.45) is 5.92 Å². The van der Waals surface area contributed by atoms with E-state index in [4.69, 9.17) is 5.11 Å². The van der Waals surface area contributed by atoms with Gasteiger partial charge in [0.25, 0.3) is 0 Å². The van der Waals surface area contributed by atoms with Gasteiger partial charge in [0.2, 0.25) is 0 Å². The van der Waals surface area contributed by atoms with Crippen LogP contribution in [0.1, 0.15) is 26.2 Å². The van der Waals surface area contributed by atoms with Gasteiger partial charge in [0.15, 0.2) is 0 Å². The Balaban J connectivity index is 2.49. The molecule has 1 aliphatic heterocycles. The molecular formula is C11H20N2O3. The summed E-state index contributed by atoms with van der Waals surface area (Å²) in [5.41, 5.74) is 0. The van der Waals surface area contributed by atoms with Crippen molar-refractivity contribution in [3.63, 3.8) is 0 Å². The minimum Gasteiger partial charge on any atom is -0.481 e. The maximum atomic E-state index is 11.9. The zero-order valence-electron chi connectivity index (χ0n) is 9.98. The van der Waals surface area contributed by atoms with E-state index in [0.717, 1.165) is 19.4 Å². The summed E-state index contributed by atoms with van der Waals surface area (Å²) >= 11 is 0. The van der Waals surface area contributed by atoms with Gasteiger partial charge in [-0.1, -0.05) is 0 Å². The number of carboxylic acids is 1. The number of amides is 2. The fourth-order valence-electron chi connectivity index (χ4n) is 2.03. The number of likely N-dealkylation sites (tertiary alicyclic amines) is 1. The topological polar surface area (TPSA) is 60.9 Å². The van der Waals surface area contributed by atoms with E-state index in [2.05, 4.69) is 0 Å². The molecule has 1 fully saturated rings. The van der Waals surface area contributed by atoms with Gasteiger partial charge in [-0.25, -0.2) is 4.79 Å². The van der Waals surface area contributed by atoms with Crippen LogP contribution < -0.4 is 0 Å². The molecule has 0 radical (unpaired) electrons. The smallest absolute Gasteiger partial charge is 0.319 e. The van der Waals surface area contributed by atoms with Crippen molar-refractivity contribution in [2.75, 3.05) is 26.7 Å². The summed E-state index contributed by atoms with van der Waals surface area (Å²) < 4.78 is 0. The Kier molecular flexibility index (Phi) is 4.58. The van der Waals surface area contributed by atoms with Crippen molar-refractivity contribution in [1.29, 1.82) is 0 Å². The molecule has 0 aromatic carbocycles. The maximum Gasteiger partial charge on any atom is 0.319 e.